The van der Waals surface area contributed by atoms with Crippen LogP contribution in [0.2, 0.25) is 0 Å². The van der Waals surface area contributed by atoms with Crippen LogP contribution < -0.4 is 4.74 Å². The quantitative estimate of drug-likeness (QED) is 0.456. The van der Waals surface area contributed by atoms with Gasteiger partial charge in [0.2, 0.25) is 0 Å². The summed E-state index contributed by atoms with van der Waals surface area (Å²) < 4.78 is 20.2. The molecular weight excluding hydrogens is 414 g/mol. The molecule has 3 aromatic rings. The van der Waals surface area contributed by atoms with Crippen molar-refractivity contribution in [3.63, 3.8) is 0 Å². The Morgan fingerprint density at radius 3 is 2.17 bits per heavy atom. The lowest BCUT2D eigenvalue weighted by molar-refractivity contribution is 0.361. The molecule has 0 aliphatic rings. The number of rotatable bonds is 5. The third-order valence-corrected chi connectivity index (χ3v) is 4.49. The van der Waals surface area contributed by atoms with Crippen molar-refractivity contribution in [3.05, 3.63) is 105 Å². The second kappa shape index (κ2) is 8.11. The van der Waals surface area contributed by atoms with Crippen molar-refractivity contribution in [1.82, 2.24) is 0 Å². The first-order chi connectivity index (χ1) is 11.7. The molecule has 0 aliphatic carbocycles. The molecule has 0 bridgehead atoms. The van der Waals surface area contributed by atoms with E-state index in [-0.39, 0.29) is 5.82 Å². The first-order valence-electron chi connectivity index (χ1n) is 7.63. The molecule has 0 spiro atoms. The van der Waals surface area contributed by atoms with Crippen molar-refractivity contribution < 1.29 is 9.13 Å². The maximum absolute atomic E-state index is 13.2. The van der Waals surface area contributed by atoms with E-state index in [0.29, 0.717) is 6.61 Å². The van der Waals surface area contributed by atoms with Gasteiger partial charge in [0.25, 0.3) is 0 Å². The Bertz CT molecular complexity index is 826. The molecule has 0 saturated heterocycles. The minimum atomic E-state index is -0.235. The fourth-order valence-corrected chi connectivity index (χ4v) is 2.97. The number of benzene rings is 3. The van der Waals surface area contributed by atoms with E-state index in [9.17, 15) is 4.39 Å². The Balaban J connectivity index is 1.87. The van der Waals surface area contributed by atoms with E-state index in [0.717, 1.165) is 26.0 Å². The Hall–Kier alpha value is -2.14. The van der Waals surface area contributed by atoms with Crippen LogP contribution in [0.25, 0.3) is 5.57 Å². The molecule has 1 nitrogen and oxygen atoms in total. The molecule has 120 valence electrons. The second-order valence-electron chi connectivity index (χ2n) is 5.23. The third-order valence-electron chi connectivity index (χ3n) is 3.60. The van der Waals surface area contributed by atoms with Crippen LogP contribution in [0.4, 0.5) is 4.39 Å². The first kappa shape index (κ1) is 16.7. The predicted molar refractivity (Wildman–Crippen MR) is 105 cm³/mol. The summed E-state index contributed by atoms with van der Waals surface area (Å²) in [5, 5.41) is 0. The average molecular weight is 430 g/mol. The van der Waals surface area contributed by atoms with Gasteiger partial charge in [-0.15, -0.1) is 0 Å². The van der Waals surface area contributed by atoms with Crippen molar-refractivity contribution in [2.75, 3.05) is 6.61 Å². The maximum Gasteiger partial charge on any atom is 0.133 e. The van der Waals surface area contributed by atoms with Crippen LogP contribution in [0.5, 0.6) is 5.75 Å². The highest BCUT2D eigenvalue weighted by Gasteiger charge is 2.05. The molecule has 0 aliphatic heterocycles. The van der Waals surface area contributed by atoms with Crippen LogP contribution in [0.3, 0.4) is 0 Å². The molecule has 3 heteroatoms. The molecule has 0 N–H and O–H groups in total. The minimum Gasteiger partial charge on any atom is -0.488 e. The van der Waals surface area contributed by atoms with Gasteiger partial charge in [-0.05, 0) is 69.6 Å². The summed E-state index contributed by atoms with van der Waals surface area (Å²) >= 11 is 2.26. The first-order valence-corrected chi connectivity index (χ1v) is 8.71. The maximum atomic E-state index is 13.2. The van der Waals surface area contributed by atoms with Gasteiger partial charge in [-0.1, -0.05) is 54.6 Å². The molecule has 24 heavy (non-hydrogen) atoms. The van der Waals surface area contributed by atoms with Gasteiger partial charge < -0.3 is 4.74 Å². The zero-order valence-electron chi connectivity index (χ0n) is 13.0. The predicted octanol–water partition coefficient (Wildman–Crippen LogP) is 5.94. The van der Waals surface area contributed by atoms with Crippen LogP contribution in [-0.4, -0.2) is 6.61 Å². The van der Waals surface area contributed by atoms with Crippen LogP contribution in [0.15, 0.2) is 84.9 Å². The Labute approximate surface area is 154 Å². The standard InChI is InChI=1S/C21H16FIO/c22-18-12-10-17(11-13-18)19(16-6-2-1-3-7-16)14-15-24-21-9-5-4-8-20(21)23/h1-14H,15H2/b19-14-. The van der Waals surface area contributed by atoms with Crippen molar-refractivity contribution in [2.45, 2.75) is 0 Å². The number of ether oxygens (including phenoxy) is 1. The van der Waals surface area contributed by atoms with Crippen LogP contribution in [-0.2, 0) is 0 Å². The topological polar surface area (TPSA) is 9.23 Å². The van der Waals surface area contributed by atoms with Gasteiger partial charge >= 0.3 is 0 Å². The van der Waals surface area contributed by atoms with Crippen molar-refractivity contribution in [2.24, 2.45) is 0 Å². The minimum absolute atomic E-state index is 0.235. The highest BCUT2D eigenvalue weighted by molar-refractivity contribution is 14.1. The molecule has 3 rings (SSSR count). The molecule has 0 saturated carbocycles. The van der Waals surface area contributed by atoms with E-state index in [4.69, 9.17) is 4.74 Å². The fourth-order valence-electron chi connectivity index (χ4n) is 2.43. The van der Waals surface area contributed by atoms with E-state index in [1.165, 1.54) is 12.1 Å². The fraction of sp³-hybridized carbons (Fsp3) is 0.0476. The van der Waals surface area contributed by atoms with Gasteiger partial charge in [0.15, 0.2) is 0 Å². The highest BCUT2D eigenvalue weighted by Crippen LogP contribution is 2.24. The zero-order valence-corrected chi connectivity index (χ0v) is 15.1. The van der Waals surface area contributed by atoms with Crippen LogP contribution >= 0.6 is 22.6 Å². The van der Waals surface area contributed by atoms with Gasteiger partial charge in [-0.2, -0.15) is 0 Å². The summed E-state index contributed by atoms with van der Waals surface area (Å²) in [4.78, 5) is 0. The second-order valence-corrected chi connectivity index (χ2v) is 6.39. The zero-order chi connectivity index (χ0) is 16.8. The smallest absolute Gasteiger partial charge is 0.133 e. The number of hydrogen-bond acceptors (Lipinski definition) is 1. The van der Waals surface area contributed by atoms with E-state index < -0.39 is 0 Å². The number of hydrogen-bond donors (Lipinski definition) is 0. The summed E-state index contributed by atoms with van der Waals surface area (Å²) in [7, 11) is 0. The lowest BCUT2D eigenvalue weighted by Gasteiger charge is -2.10. The lowest BCUT2D eigenvalue weighted by Crippen LogP contribution is -1.98. The average Bonchev–Trinajstić information content (AvgIpc) is 2.62. The molecule has 0 aromatic heterocycles. The monoisotopic (exact) mass is 430 g/mol. The van der Waals surface area contributed by atoms with Gasteiger partial charge in [-0.3, -0.25) is 0 Å². The molecule has 0 amide bonds. The summed E-state index contributed by atoms with van der Waals surface area (Å²) in [5.74, 6) is 0.627. The van der Waals surface area contributed by atoms with E-state index in [2.05, 4.69) is 22.6 Å². The van der Waals surface area contributed by atoms with Gasteiger partial charge in [0, 0.05) is 0 Å². The Morgan fingerprint density at radius 1 is 0.833 bits per heavy atom. The summed E-state index contributed by atoms with van der Waals surface area (Å²) in [6.45, 7) is 0.446. The lowest BCUT2D eigenvalue weighted by atomic mass is 9.98. The van der Waals surface area contributed by atoms with Crippen LogP contribution in [0, 0.1) is 9.39 Å². The van der Waals surface area contributed by atoms with Gasteiger partial charge in [0.1, 0.15) is 18.2 Å². The summed E-state index contributed by atoms with van der Waals surface area (Å²) in [6, 6.07) is 24.5. The largest absolute Gasteiger partial charge is 0.488 e. The molecule has 0 atom stereocenters. The van der Waals surface area contributed by atoms with Crippen molar-refractivity contribution in [3.8, 4) is 5.75 Å². The van der Waals surface area contributed by atoms with Crippen molar-refractivity contribution >= 4 is 28.2 Å². The van der Waals surface area contributed by atoms with E-state index in [1.807, 2.05) is 60.7 Å². The van der Waals surface area contributed by atoms with Gasteiger partial charge in [-0.25, -0.2) is 4.39 Å². The molecular formula is C21H16FIO. The van der Waals surface area contributed by atoms with Crippen molar-refractivity contribution in [1.29, 1.82) is 0 Å². The molecule has 0 radical (unpaired) electrons. The van der Waals surface area contributed by atoms with E-state index >= 15 is 0 Å². The summed E-state index contributed by atoms with van der Waals surface area (Å²) in [5.41, 5.74) is 3.07. The number of halogens is 2. The Morgan fingerprint density at radius 2 is 1.46 bits per heavy atom. The molecule has 0 heterocycles. The van der Waals surface area contributed by atoms with Gasteiger partial charge in [0.05, 0.1) is 3.57 Å². The number of para-hydroxylation sites is 1. The SMILES string of the molecule is Fc1ccc(/C(=C\COc2ccccc2I)c2ccccc2)cc1. The molecule has 3 aromatic carbocycles. The third kappa shape index (κ3) is 4.23. The molecule has 0 unspecified atom stereocenters. The van der Waals surface area contributed by atoms with E-state index in [1.54, 1.807) is 12.1 Å². The normalized spacial score (nSPS) is 11.3. The molecule has 0 fully saturated rings. The highest BCUT2D eigenvalue weighted by atomic mass is 127. The summed E-state index contributed by atoms with van der Waals surface area (Å²) in [6.07, 6.45) is 2.03. The Kier molecular flexibility index (Phi) is 5.64. The van der Waals surface area contributed by atoms with Crippen LogP contribution in [0.1, 0.15) is 11.1 Å².